The van der Waals surface area contributed by atoms with E-state index in [9.17, 15) is 8.42 Å². The molecule has 0 radical (unpaired) electrons. The average molecular weight is 306 g/mol. The summed E-state index contributed by atoms with van der Waals surface area (Å²) in [7, 11) is -3.58. The van der Waals surface area contributed by atoms with Crippen LogP contribution in [0.15, 0.2) is 29.2 Å². The largest absolute Gasteiger partial charge is 0.348 e. The van der Waals surface area contributed by atoms with E-state index < -0.39 is 15.8 Å². The van der Waals surface area contributed by atoms with Gasteiger partial charge < -0.3 is 9.47 Å². The fourth-order valence-corrected chi connectivity index (χ4v) is 3.15. The van der Waals surface area contributed by atoms with E-state index in [0.717, 1.165) is 0 Å². The van der Waals surface area contributed by atoms with Crippen LogP contribution in [0.5, 0.6) is 0 Å². The van der Waals surface area contributed by atoms with Gasteiger partial charge in [-0.1, -0.05) is 17.7 Å². The number of hydrogen-bond donors (Lipinski definition) is 1. The van der Waals surface area contributed by atoms with E-state index in [2.05, 4.69) is 4.72 Å². The van der Waals surface area contributed by atoms with Crippen molar-refractivity contribution in [3.05, 3.63) is 29.3 Å². The predicted molar refractivity (Wildman–Crippen MR) is 71.5 cm³/mol. The summed E-state index contributed by atoms with van der Waals surface area (Å²) in [4.78, 5) is 0.137. The zero-order valence-electron chi connectivity index (χ0n) is 10.7. The van der Waals surface area contributed by atoms with Crippen LogP contribution in [0.3, 0.4) is 0 Å². The van der Waals surface area contributed by atoms with Gasteiger partial charge in [-0.2, -0.15) is 0 Å². The van der Waals surface area contributed by atoms with Gasteiger partial charge in [0.25, 0.3) is 0 Å². The number of sulfonamides is 1. The standard InChI is InChI=1S/C12H16ClNO4S/c1-12(2)17-8-10(18-12)7-14-19(15,16)11-5-3-4-9(13)6-11/h3-6,10,14H,7-8H2,1-2H3. The molecule has 2 rings (SSSR count). The minimum Gasteiger partial charge on any atom is -0.348 e. The molecule has 1 N–H and O–H groups in total. The molecule has 106 valence electrons. The minimum absolute atomic E-state index is 0.137. The van der Waals surface area contributed by atoms with Crippen molar-refractivity contribution in [2.75, 3.05) is 13.2 Å². The van der Waals surface area contributed by atoms with Crippen molar-refractivity contribution in [2.45, 2.75) is 30.6 Å². The molecule has 19 heavy (non-hydrogen) atoms. The number of nitrogens with one attached hydrogen (secondary N) is 1. The molecule has 5 nitrogen and oxygen atoms in total. The molecule has 0 aromatic heterocycles. The van der Waals surface area contributed by atoms with Gasteiger partial charge in [0.05, 0.1) is 17.6 Å². The molecule has 1 atom stereocenters. The first-order valence-corrected chi connectivity index (χ1v) is 7.72. The summed E-state index contributed by atoms with van der Waals surface area (Å²) < 4.78 is 37.5. The maximum atomic E-state index is 12.0. The lowest BCUT2D eigenvalue weighted by molar-refractivity contribution is -0.137. The van der Waals surface area contributed by atoms with E-state index in [1.165, 1.54) is 12.1 Å². The molecule has 0 bridgehead atoms. The summed E-state index contributed by atoms with van der Waals surface area (Å²) in [6.45, 7) is 4.11. The number of ether oxygens (including phenoxy) is 2. The first-order chi connectivity index (χ1) is 8.78. The van der Waals surface area contributed by atoms with E-state index in [-0.39, 0.29) is 17.5 Å². The summed E-state index contributed by atoms with van der Waals surface area (Å²) in [6, 6.07) is 6.11. The molecule has 7 heteroatoms. The Kier molecular flexibility index (Phi) is 4.17. The molecule has 0 saturated carbocycles. The van der Waals surface area contributed by atoms with Crippen molar-refractivity contribution in [1.29, 1.82) is 0 Å². The van der Waals surface area contributed by atoms with Gasteiger partial charge in [0, 0.05) is 11.6 Å². The van der Waals surface area contributed by atoms with Crippen molar-refractivity contribution in [1.82, 2.24) is 4.72 Å². The number of hydrogen-bond acceptors (Lipinski definition) is 4. The van der Waals surface area contributed by atoms with Crippen LogP contribution in [0.4, 0.5) is 0 Å². The Morgan fingerprint density at radius 2 is 2.21 bits per heavy atom. The van der Waals surface area contributed by atoms with Gasteiger partial charge in [-0.05, 0) is 32.0 Å². The minimum atomic E-state index is -3.58. The van der Waals surface area contributed by atoms with Crippen LogP contribution in [-0.2, 0) is 19.5 Å². The lowest BCUT2D eigenvalue weighted by atomic mass is 10.4. The number of benzene rings is 1. The van der Waals surface area contributed by atoms with Gasteiger partial charge >= 0.3 is 0 Å². The maximum absolute atomic E-state index is 12.0. The SMILES string of the molecule is CC1(C)OCC(CNS(=O)(=O)c2cccc(Cl)c2)O1. The molecular formula is C12H16ClNO4S. The Bertz CT molecular complexity index is 559. The second-order valence-electron chi connectivity index (χ2n) is 4.76. The van der Waals surface area contributed by atoms with Crippen LogP contribution in [-0.4, -0.2) is 33.5 Å². The second-order valence-corrected chi connectivity index (χ2v) is 6.96. The van der Waals surface area contributed by atoms with Crippen LogP contribution >= 0.6 is 11.6 Å². The first-order valence-electron chi connectivity index (χ1n) is 5.85. The van der Waals surface area contributed by atoms with Crippen molar-refractivity contribution in [2.24, 2.45) is 0 Å². The summed E-state index contributed by atoms with van der Waals surface area (Å²) in [6.07, 6.45) is -0.288. The quantitative estimate of drug-likeness (QED) is 0.921. The Morgan fingerprint density at radius 1 is 1.47 bits per heavy atom. The molecule has 1 unspecified atom stereocenters. The highest BCUT2D eigenvalue weighted by Crippen LogP contribution is 2.22. The summed E-state index contributed by atoms with van der Waals surface area (Å²) >= 11 is 5.78. The summed E-state index contributed by atoms with van der Waals surface area (Å²) in [5, 5.41) is 0.379. The fourth-order valence-electron chi connectivity index (χ4n) is 1.78. The zero-order valence-corrected chi connectivity index (χ0v) is 12.3. The summed E-state index contributed by atoms with van der Waals surface area (Å²) in [5.74, 6) is -0.661. The fraction of sp³-hybridized carbons (Fsp3) is 0.500. The van der Waals surface area contributed by atoms with Gasteiger partial charge in [-0.3, -0.25) is 0 Å². The normalized spacial score (nSPS) is 22.6. The molecule has 1 fully saturated rings. The highest BCUT2D eigenvalue weighted by Gasteiger charge is 2.33. The topological polar surface area (TPSA) is 64.6 Å². The van der Waals surface area contributed by atoms with E-state index in [4.69, 9.17) is 21.1 Å². The third kappa shape index (κ3) is 3.90. The molecule has 1 saturated heterocycles. The number of rotatable bonds is 4. The van der Waals surface area contributed by atoms with Crippen LogP contribution in [0.2, 0.25) is 5.02 Å². The Balaban J connectivity index is 1.99. The van der Waals surface area contributed by atoms with Crippen molar-refractivity contribution in [3.8, 4) is 0 Å². The Morgan fingerprint density at radius 3 is 2.79 bits per heavy atom. The van der Waals surface area contributed by atoms with Crippen LogP contribution in [0.1, 0.15) is 13.8 Å². The lowest BCUT2D eigenvalue weighted by Gasteiger charge is -2.17. The third-order valence-corrected chi connectivity index (χ3v) is 4.33. The molecule has 1 heterocycles. The monoisotopic (exact) mass is 305 g/mol. The Labute approximate surface area is 117 Å². The van der Waals surface area contributed by atoms with E-state index in [1.807, 2.05) is 0 Å². The molecule has 0 amide bonds. The third-order valence-electron chi connectivity index (χ3n) is 2.67. The molecule has 1 aromatic carbocycles. The van der Waals surface area contributed by atoms with E-state index in [1.54, 1.807) is 26.0 Å². The van der Waals surface area contributed by atoms with Crippen LogP contribution < -0.4 is 4.72 Å². The lowest BCUT2D eigenvalue weighted by Crippen LogP contribution is -2.34. The van der Waals surface area contributed by atoms with Crippen molar-refractivity contribution >= 4 is 21.6 Å². The van der Waals surface area contributed by atoms with E-state index in [0.29, 0.717) is 11.6 Å². The molecule has 1 aliphatic rings. The highest BCUT2D eigenvalue weighted by molar-refractivity contribution is 7.89. The highest BCUT2D eigenvalue weighted by atomic mass is 35.5. The van der Waals surface area contributed by atoms with Crippen LogP contribution in [0.25, 0.3) is 0 Å². The average Bonchev–Trinajstić information content (AvgIpc) is 2.67. The zero-order chi connectivity index (χ0) is 14.1. The molecule has 0 aliphatic carbocycles. The maximum Gasteiger partial charge on any atom is 0.240 e. The van der Waals surface area contributed by atoms with Gasteiger partial charge in [-0.25, -0.2) is 13.1 Å². The molecule has 0 spiro atoms. The number of halogens is 1. The molecule has 1 aromatic rings. The predicted octanol–water partition coefficient (Wildman–Crippen LogP) is 1.77. The smallest absolute Gasteiger partial charge is 0.240 e. The van der Waals surface area contributed by atoms with Gasteiger partial charge in [-0.15, -0.1) is 0 Å². The van der Waals surface area contributed by atoms with Gasteiger partial charge in [0.15, 0.2) is 5.79 Å². The van der Waals surface area contributed by atoms with Gasteiger partial charge in [0.1, 0.15) is 0 Å². The van der Waals surface area contributed by atoms with E-state index >= 15 is 0 Å². The Hall–Kier alpha value is -0.660. The molecular weight excluding hydrogens is 290 g/mol. The van der Waals surface area contributed by atoms with Crippen molar-refractivity contribution in [3.63, 3.8) is 0 Å². The molecule has 1 aliphatic heterocycles. The second kappa shape index (κ2) is 5.38. The van der Waals surface area contributed by atoms with Crippen LogP contribution in [0, 0.1) is 0 Å². The summed E-state index contributed by atoms with van der Waals surface area (Å²) in [5.41, 5.74) is 0. The first kappa shape index (κ1) is 14.7. The van der Waals surface area contributed by atoms with Crippen molar-refractivity contribution < 1.29 is 17.9 Å². The van der Waals surface area contributed by atoms with Gasteiger partial charge in [0.2, 0.25) is 10.0 Å².